The maximum Gasteiger partial charge on any atom is 0.472 e. The highest BCUT2D eigenvalue weighted by molar-refractivity contribution is 7.47. The second-order valence-corrected chi connectivity index (χ2v) is 23.5. The molecule has 71 heavy (non-hydrogen) atoms. The van der Waals surface area contributed by atoms with E-state index in [0.29, 0.717) is 17.4 Å². The van der Waals surface area contributed by atoms with Gasteiger partial charge in [0.15, 0.2) is 6.10 Å². The summed E-state index contributed by atoms with van der Waals surface area (Å²) in [6.07, 6.45) is 64.5. The van der Waals surface area contributed by atoms with Crippen LogP contribution in [0.3, 0.4) is 0 Å². The Balaban J connectivity index is 3.83. The minimum atomic E-state index is -4.38. The Morgan fingerprint density at radius 1 is 0.423 bits per heavy atom. The molecule has 0 aromatic heterocycles. The second kappa shape index (κ2) is 53.3. The topological polar surface area (TPSA) is 108 Å². The third-order valence-corrected chi connectivity index (χ3v) is 14.7. The number of carbonyl (C=O) groups excluding carboxylic acids is 2. The van der Waals surface area contributed by atoms with E-state index in [0.717, 1.165) is 57.8 Å². The number of carbonyl (C=O) groups is 2. The Kier molecular flexibility index (Phi) is 52.2. The Morgan fingerprint density at radius 2 is 0.746 bits per heavy atom. The van der Waals surface area contributed by atoms with Crippen LogP contribution in [0.15, 0.2) is 24.3 Å². The average molecular weight is 1030 g/mol. The van der Waals surface area contributed by atoms with Gasteiger partial charge in [0, 0.05) is 12.8 Å². The highest BCUT2D eigenvalue weighted by Gasteiger charge is 2.27. The van der Waals surface area contributed by atoms with Crippen LogP contribution in [0.25, 0.3) is 0 Å². The number of phosphoric ester groups is 1. The molecule has 0 aliphatic heterocycles. The molecule has 2 unspecified atom stereocenters. The molecule has 10 heteroatoms. The Morgan fingerprint density at radius 3 is 1.10 bits per heavy atom. The van der Waals surface area contributed by atoms with Crippen molar-refractivity contribution in [3.05, 3.63) is 24.3 Å². The lowest BCUT2D eigenvalue weighted by atomic mass is 10.0. The fourth-order valence-electron chi connectivity index (χ4n) is 8.96. The molecule has 9 nitrogen and oxygen atoms in total. The quantitative estimate of drug-likeness (QED) is 0.0211. The van der Waals surface area contributed by atoms with Crippen LogP contribution in [0.4, 0.5) is 0 Å². The number of phosphoric acid groups is 1. The van der Waals surface area contributed by atoms with E-state index in [9.17, 15) is 19.0 Å². The molecule has 0 amide bonds. The van der Waals surface area contributed by atoms with Gasteiger partial charge in [-0.15, -0.1) is 0 Å². The molecule has 0 heterocycles. The van der Waals surface area contributed by atoms with Gasteiger partial charge in [-0.1, -0.05) is 256 Å². The van der Waals surface area contributed by atoms with Crippen LogP contribution in [0.1, 0.15) is 303 Å². The smallest absolute Gasteiger partial charge is 0.462 e. The predicted octanol–water partition coefficient (Wildman–Crippen LogP) is 19.0. The van der Waals surface area contributed by atoms with Crippen LogP contribution in [0.5, 0.6) is 0 Å². The third kappa shape index (κ3) is 57.6. The number of nitrogens with zero attached hydrogens (tertiary/aromatic N) is 1. The van der Waals surface area contributed by atoms with Gasteiger partial charge in [0.05, 0.1) is 27.7 Å². The molecule has 0 saturated heterocycles. The summed E-state index contributed by atoms with van der Waals surface area (Å²) in [7, 11) is 1.49. The summed E-state index contributed by atoms with van der Waals surface area (Å²) in [5.74, 6) is -0.797. The van der Waals surface area contributed by atoms with Gasteiger partial charge in [0.25, 0.3) is 0 Å². The van der Waals surface area contributed by atoms with Gasteiger partial charge in [-0.3, -0.25) is 18.6 Å². The maximum absolute atomic E-state index is 12.8. The first kappa shape index (κ1) is 69.5. The molecule has 0 radical (unpaired) electrons. The van der Waals surface area contributed by atoms with Gasteiger partial charge < -0.3 is 18.9 Å². The van der Waals surface area contributed by atoms with Crippen LogP contribution in [0, 0.1) is 0 Å². The van der Waals surface area contributed by atoms with E-state index in [1.807, 2.05) is 21.1 Å². The van der Waals surface area contributed by atoms with Crippen molar-refractivity contribution < 1.29 is 42.1 Å². The number of likely N-dealkylation sites (N-methyl/N-ethyl adjacent to an activating group) is 1. The number of rotatable bonds is 57. The molecular formula is C61H119NO8P+. The van der Waals surface area contributed by atoms with Crippen molar-refractivity contribution in [3.8, 4) is 0 Å². The average Bonchev–Trinajstić information content (AvgIpc) is 3.33. The van der Waals surface area contributed by atoms with Gasteiger partial charge in [-0.2, -0.15) is 0 Å². The molecular weight excluding hydrogens is 906 g/mol. The monoisotopic (exact) mass is 1020 g/mol. The maximum atomic E-state index is 12.8. The van der Waals surface area contributed by atoms with E-state index in [1.54, 1.807) is 0 Å². The lowest BCUT2D eigenvalue weighted by Gasteiger charge is -2.24. The third-order valence-electron chi connectivity index (χ3n) is 13.7. The van der Waals surface area contributed by atoms with Crippen LogP contribution < -0.4 is 0 Å². The minimum absolute atomic E-state index is 0.0330. The van der Waals surface area contributed by atoms with Gasteiger partial charge >= 0.3 is 19.8 Å². The number of hydrogen-bond donors (Lipinski definition) is 1. The molecule has 0 aromatic carbocycles. The predicted molar refractivity (Wildman–Crippen MR) is 303 cm³/mol. The van der Waals surface area contributed by atoms with E-state index < -0.39 is 26.5 Å². The van der Waals surface area contributed by atoms with Crippen molar-refractivity contribution in [2.75, 3.05) is 47.5 Å². The molecule has 0 aliphatic rings. The van der Waals surface area contributed by atoms with E-state index in [2.05, 4.69) is 38.2 Å². The van der Waals surface area contributed by atoms with Crippen molar-refractivity contribution in [2.45, 2.75) is 309 Å². The van der Waals surface area contributed by atoms with Crippen LogP contribution in [-0.4, -0.2) is 74.9 Å². The molecule has 0 spiro atoms. The first-order valence-corrected chi connectivity index (χ1v) is 32.1. The zero-order valence-electron chi connectivity index (χ0n) is 47.7. The highest BCUT2D eigenvalue weighted by Crippen LogP contribution is 2.43. The highest BCUT2D eigenvalue weighted by atomic mass is 31.2. The number of unbranched alkanes of at least 4 members (excludes halogenated alkanes) is 39. The van der Waals surface area contributed by atoms with Crippen LogP contribution >= 0.6 is 7.82 Å². The summed E-state index contributed by atoms with van der Waals surface area (Å²) < 4.78 is 34.4. The first-order valence-electron chi connectivity index (χ1n) is 30.6. The number of quaternary nitrogens is 1. The van der Waals surface area contributed by atoms with E-state index in [4.69, 9.17) is 18.5 Å². The summed E-state index contributed by atoms with van der Waals surface area (Å²) in [5.41, 5.74) is 0. The van der Waals surface area contributed by atoms with E-state index in [1.165, 1.54) is 212 Å². The Bertz CT molecular complexity index is 1250. The largest absolute Gasteiger partial charge is 0.472 e. The fourth-order valence-corrected chi connectivity index (χ4v) is 9.70. The number of ether oxygens (including phenoxy) is 2. The van der Waals surface area contributed by atoms with Gasteiger partial charge in [0.1, 0.15) is 19.8 Å². The minimum Gasteiger partial charge on any atom is -0.462 e. The van der Waals surface area contributed by atoms with Crippen molar-refractivity contribution >= 4 is 19.8 Å². The summed E-state index contributed by atoms with van der Waals surface area (Å²) in [4.78, 5) is 35.5. The number of esters is 2. The lowest BCUT2D eigenvalue weighted by molar-refractivity contribution is -0.870. The molecule has 0 rings (SSSR count). The van der Waals surface area contributed by atoms with Gasteiger partial charge in [-0.25, -0.2) is 4.57 Å². The molecule has 0 aromatic rings. The van der Waals surface area contributed by atoms with Crippen molar-refractivity contribution in [1.29, 1.82) is 0 Å². The molecule has 1 N–H and O–H groups in total. The number of hydrogen-bond acceptors (Lipinski definition) is 7. The molecule has 2 atom stereocenters. The van der Waals surface area contributed by atoms with Gasteiger partial charge in [-0.05, 0) is 57.8 Å². The molecule has 0 saturated carbocycles. The Labute approximate surface area is 440 Å². The summed E-state index contributed by atoms with van der Waals surface area (Å²) in [5, 5.41) is 0. The SMILES string of the molecule is CCC/C=C\CCCCCCCC(=O)OCC(COP(=O)(O)OCC[N+](C)(C)C)OC(=O)CCCCCCCCCCCCCCCCCCCCCCCCCCC/C=C\CCCCCCCCCC. The molecule has 0 fully saturated rings. The van der Waals surface area contributed by atoms with Gasteiger partial charge in [0.2, 0.25) is 0 Å². The lowest BCUT2D eigenvalue weighted by Crippen LogP contribution is -2.37. The zero-order valence-corrected chi connectivity index (χ0v) is 48.6. The second-order valence-electron chi connectivity index (χ2n) is 22.1. The van der Waals surface area contributed by atoms with Crippen LogP contribution in [-0.2, 0) is 32.7 Å². The molecule has 420 valence electrons. The van der Waals surface area contributed by atoms with Crippen molar-refractivity contribution in [2.24, 2.45) is 0 Å². The zero-order chi connectivity index (χ0) is 52.0. The van der Waals surface area contributed by atoms with E-state index in [-0.39, 0.29) is 32.0 Å². The Hall–Kier alpha value is -1.51. The van der Waals surface area contributed by atoms with E-state index >= 15 is 0 Å². The first-order chi connectivity index (χ1) is 34.5. The molecule has 0 aliphatic carbocycles. The summed E-state index contributed by atoms with van der Waals surface area (Å²) in [6, 6.07) is 0. The molecule has 0 bridgehead atoms. The van der Waals surface area contributed by atoms with Crippen LogP contribution in [0.2, 0.25) is 0 Å². The fraction of sp³-hybridized carbons (Fsp3) is 0.902. The summed E-state index contributed by atoms with van der Waals surface area (Å²) in [6.45, 7) is 4.39. The normalized spacial score (nSPS) is 13.4. The number of allylic oxidation sites excluding steroid dienone is 4. The van der Waals surface area contributed by atoms with Crippen molar-refractivity contribution in [1.82, 2.24) is 0 Å². The van der Waals surface area contributed by atoms with Crippen molar-refractivity contribution in [3.63, 3.8) is 0 Å². The standard InChI is InChI=1S/C61H118NO8P/c1-6-8-10-12-14-16-18-19-20-21-22-23-24-25-26-27-28-29-30-31-32-33-34-35-36-37-38-39-40-41-42-43-44-46-48-50-52-54-61(64)70-59(58-69-71(65,66)68-56-55-62(3,4)5)57-67-60(63)53-51-49-47-45-17-15-13-11-9-7-2/h11,13,21-22,59H,6-10,12,14-20,23-58H2,1-5H3/p+1/b13-11-,22-21-. The summed E-state index contributed by atoms with van der Waals surface area (Å²) >= 11 is 0.